The first-order valence-electron chi connectivity index (χ1n) is 7.18. The second-order valence-electron chi connectivity index (χ2n) is 6.73. The standard InChI is InChI=1S/C19H21N/c1-12-10-13(2)17-16(11-12)20-15-9-7-6-8-14(15)18(17)19(3,4)5/h6-11H,1-5H3. The van der Waals surface area contributed by atoms with Crippen LogP contribution in [-0.4, -0.2) is 4.98 Å². The second kappa shape index (κ2) is 4.31. The first kappa shape index (κ1) is 13.1. The molecule has 0 radical (unpaired) electrons. The number of rotatable bonds is 0. The van der Waals surface area contributed by atoms with Crippen molar-refractivity contribution in [1.82, 2.24) is 4.98 Å². The molecule has 1 nitrogen and oxygen atoms in total. The molecule has 1 heteroatoms. The van der Waals surface area contributed by atoms with Gasteiger partial charge in [0.2, 0.25) is 0 Å². The molecule has 3 rings (SSSR count). The Kier molecular flexibility index (Phi) is 2.82. The van der Waals surface area contributed by atoms with Gasteiger partial charge in [0.05, 0.1) is 11.0 Å². The van der Waals surface area contributed by atoms with E-state index in [0.29, 0.717) is 0 Å². The van der Waals surface area contributed by atoms with E-state index in [1.807, 2.05) is 0 Å². The predicted octanol–water partition coefficient (Wildman–Crippen LogP) is 5.30. The van der Waals surface area contributed by atoms with Crippen molar-refractivity contribution in [2.24, 2.45) is 0 Å². The number of nitrogens with zero attached hydrogens (tertiary/aromatic N) is 1. The summed E-state index contributed by atoms with van der Waals surface area (Å²) in [6.45, 7) is 11.2. The summed E-state index contributed by atoms with van der Waals surface area (Å²) in [5.74, 6) is 0. The number of benzene rings is 2. The van der Waals surface area contributed by atoms with Crippen LogP contribution in [0.1, 0.15) is 37.5 Å². The summed E-state index contributed by atoms with van der Waals surface area (Å²) < 4.78 is 0. The normalized spacial score (nSPS) is 12.2. The zero-order valence-electron chi connectivity index (χ0n) is 12.9. The van der Waals surface area contributed by atoms with Crippen LogP contribution in [0.3, 0.4) is 0 Å². The van der Waals surface area contributed by atoms with E-state index in [4.69, 9.17) is 4.98 Å². The molecule has 0 bridgehead atoms. The highest BCUT2D eigenvalue weighted by Crippen LogP contribution is 2.37. The maximum atomic E-state index is 4.87. The molecule has 0 amide bonds. The molecular weight excluding hydrogens is 242 g/mol. The molecule has 0 fully saturated rings. The van der Waals surface area contributed by atoms with Gasteiger partial charge < -0.3 is 0 Å². The van der Waals surface area contributed by atoms with E-state index in [0.717, 1.165) is 11.0 Å². The van der Waals surface area contributed by atoms with E-state index in [2.05, 4.69) is 71.0 Å². The second-order valence-corrected chi connectivity index (χ2v) is 6.73. The van der Waals surface area contributed by atoms with Crippen molar-refractivity contribution in [2.75, 3.05) is 0 Å². The Balaban J connectivity index is 2.62. The molecule has 3 aromatic rings. The molecule has 2 aromatic carbocycles. The summed E-state index contributed by atoms with van der Waals surface area (Å²) in [5.41, 5.74) is 6.32. The first-order valence-corrected chi connectivity index (χ1v) is 7.18. The number of fused-ring (bicyclic) bond motifs is 2. The minimum Gasteiger partial charge on any atom is -0.248 e. The monoisotopic (exact) mass is 263 g/mol. The Morgan fingerprint density at radius 2 is 1.60 bits per heavy atom. The van der Waals surface area contributed by atoms with Gasteiger partial charge in [-0.3, -0.25) is 0 Å². The molecule has 0 saturated heterocycles. The van der Waals surface area contributed by atoms with E-state index < -0.39 is 0 Å². The number of para-hydroxylation sites is 1. The van der Waals surface area contributed by atoms with Crippen molar-refractivity contribution in [3.05, 3.63) is 53.1 Å². The lowest BCUT2D eigenvalue weighted by Gasteiger charge is -2.24. The van der Waals surface area contributed by atoms with Gasteiger partial charge in [-0.2, -0.15) is 0 Å². The fourth-order valence-corrected chi connectivity index (χ4v) is 3.18. The zero-order chi connectivity index (χ0) is 14.5. The summed E-state index contributed by atoms with van der Waals surface area (Å²) in [4.78, 5) is 4.87. The lowest BCUT2D eigenvalue weighted by Crippen LogP contribution is -2.13. The van der Waals surface area contributed by atoms with Gasteiger partial charge in [0, 0.05) is 10.8 Å². The van der Waals surface area contributed by atoms with Crippen LogP contribution in [0.4, 0.5) is 0 Å². The smallest absolute Gasteiger partial charge is 0.0718 e. The van der Waals surface area contributed by atoms with Crippen molar-refractivity contribution in [3.63, 3.8) is 0 Å². The predicted molar refractivity (Wildman–Crippen MR) is 87.4 cm³/mol. The molecule has 0 spiro atoms. The third kappa shape index (κ3) is 1.98. The van der Waals surface area contributed by atoms with Crippen LogP contribution < -0.4 is 0 Å². The average Bonchev–Trinajstić information content (AvgIpc) is 2.34. The van der Waals surface area contributed by atoms with Crippen molar-refractivity contribution < 1.29 is 0 Å². The average molecular weight is 263 g/mol. The van der Waals surface area contributed by atoms with Crippen molar-refractivity contribution in [1.29, 1.82) is 0 Å². The zero-order valence-corrected chi connectivity index (χ0v) is 12.9. The number of aromatic nitrogens is 1. The van der Waals surface area contributed by atoms with Crippen molar-refractivity contribution in [3.8, 4) is 0 Å². The number of pyridine rings is 1. The van der Waals surface area contributed by atoms with Gasteiger partial charge in [-0.15, -0.1) is 0 Å². The van der Waals surface area contributed by atoms with Gasteiger partial charge in [-0.05, 0) is 48.1 Å². The highest BCUT2D eigenvalue weighted by Gasteiger charge is 2.22. The van der Waals surface area contributed by atoms with Crippen LogP contribution in [0, 0.1) is 13.8 Å². The summed E-state index contributed by atoms with van der Waals surface area (Å²) in [6, 6.07) is 12.9. The third-order valence-corrected chi connectivity index (χ3v) is 3.87. The molecule has 0 unspecified atom stereocenters. The summed E-state index contributed by atoms with van der Waals surface area (Å²) in [5, 5.41) is 2.60. The highest BCUT2D eigenvalue weighted by atomic mass is 14.7. The van der Waals surface area contributed by atoms with Crippen LogP contribution >= 0.6 is 0 Å². The molecule has 0 saturated carbocycles. The van der Waals surface area contributed by atoms with Crippen LogP contribution in [0.5, 0.6) is 0 Å². The van der Waals surface area contributed by atoms with E-state index in [9.17, 15) is 0 Å². The quantitative estimate of drug-likeness (QED) is 0.501. The molecular formula is C19H21N. The van der Waals surface area contributed by atoms with Crippen molar-refractivity contribution in [2.45, 2.75) is 40.0 Å². The Morgan fingerprint density at radius 3 is 2.30 bits per heavy atom. The Labute approximate surface area is 120 Å². The van der Waals surface area contributed by atoms with Gasteiger partial charge in [-0.25, -0.2) is 4.98 Å². The SMILES string of the molecule is Cc1cc(C)c2c(C(C)(C)C)c3ccccc3nc2c1. The molecule has 0 aliphatic rings. The van der Waals surface area contributed by atoms with Gasteiger partial charge in [-0.1, -0.05) is 45.0 Å². The Hall–Kier alpha value is -1.89. The van der Waals surface area contributed by atoms with Crippen LogP contribution in [0.15, 0.2) is 36.4 Å². The number of aryl methyl sites for hydroxylation is 2. The van der Waals surface area contributed by atoms with Crippen LogP contribution in [0.25, 0.3) is 21.8 Å². The fraction of sp³-hybridized carbons (Fsp3) is 0.316. The Morgan fingerprint density at radius 1 is 0.900 bits per heavy atom. The summed E-state index contributed by atoms with van der Waals surface area (Å²) in [6.07, 6.45) is 0. The van der Waals surface area contributed by atoms with Crippen molar-refractivity contribution >= 4 is 21.8 Å². The molecule has 1 aromatic heterocycles. The molecule has 0 aliphatic carbocycles. The molecule has 0 atom stereocenters. The van der Waals surface area contributed by atoms with Crippen LogP contribution in [-0.2, 0) is 5.41 Å². The Bertz CT molecular complexity index is 807. The lowest BCUT2D eigenvalue weighted by atomic mass is 9.81. The maximum absolute atomic E-state index is 4.87. The first-order chi connectivity index (χ1) is 9.38. The highest BCUT2D eigenvalue weighted by molar-refractivity contribution is 6.00. The van der Waals surface area contributed by atoms with Gasteiger partial charge in [0.25, 0.3) is 0 Å². The van der Waals surface area contributed by atoms with E-state index in [-0.39, 0.29) is 5.41 Å². The number of hydrogen-bond acceptors (Lipinski definition) is 1. The molecule has 102 valence electrons. The third-order valence-electron chi connectivity index (χ3n) is 3.87. The summed E-state index contributed by atoms with van der Waals surface area (Å²) in [7, 11) is 0. The van der Waals surface area contributed by atoms with Gasteiger partial charge in [0.1, 0.15) is 0 Å². The fourth-order valence-electron chi connectivity index (χ4n) is 3.18. The largest absolute Gasteiger partial charge is 0.248 e. The van der Waals surface area contributed by atoms with E-state index in [1.54, 1.807) is 0 Å². The lowest BCUT2D eigenvalue weighted by molar-refractivity contribution is 0.600. The molecule has 0 aliphatic heterocycles. The molecule has 1 heterocycles. The van der Waals surface area contributed by atoms with Crippen LogP contribution in [0.2, 0.25) is 0 Å². The number of hydrogen-bond donors (Lipinski definition) is 0. The minimum absolute atomic E-state index is 0.0980. The molecule has 20 heavy (non-hydrogen) atoms. The minimum atomic E-state index is 0.0980. The molecule has 0 N–H and O–H groups in total. The summed E-state index contributed by atoms with van der Waals surface area (Å²) >= 11 is 0. The topological polar surface area (TPSA) is 12.9 Å². The van der Waals surface area contributed by atoms with Gasteiger partial charge >= 0.3 is 0 Å². The van der Waals surface area contributed by atoms with E-state index >= 15 is 0 Å². The van der Waals surface area contributed by atoms with Gasteiger partial charge in [0.15, 0.2) is 0 Å². The maximum Gasteiger partial charge on any atom is 0.0718 e. The van der Waals surface area contributed by atoms with E-state index in [1.165, 1.54) is 27.5 Å².